The van der Waals surface area contributed by atoms with Crippen LogP contribution in [-0.2, 0) is 25.8 Å². The van der Waals surface area contributed by atoms with Crippen LogP contribution in [0.3, 0.4) is 0 Å². The largest absolute Gasteiger partial charge is 0.543 e. The number of carbonyl (C=O) groups is 3. The van der Waals surface area contributed by atoms with Crippen LogP contribution in [0, 0.1) is 0 Å². The van der Waals surface area contributed by atoms with Crippen molar-refractivity contribution in [3.05, 3.63) is 47.8 Å². The second kappa shape index (κ2) is 8.75. The predicted molar refractivity (Wildman–Crippen MR) is 116 cm³/mol. The summed E-state index contributed by atoms with van der Waals surface area (Å²) in [5, 5.41) is 21.0. The van der Waals surface area contributed by atoms with E-state index in [1.54, 1.807) is 24.4 Å². The lowest BCUT2D eigenvalue weighted by molar-refractivity contribution is -0.663. The van der Waals surface area contributed by atoms with Gasteiger partial charge in [0.1, 0.15) is 18.5 Å². The number of rotatable bonds is 7. The Labute approximate surface area is 200 Å². The minimum Gasteiger partial charge on any atom is -0.543 e. The van der Waals surface area contributed by atoms with E-state index in [4.69, 9.17) is 10.2 Å². The van der Waals surface area contributed by atoms with E-state index in [1.807, 2.05) is 4.57 Å². The van der Waals surface area contributed by atoms with Gasteiger partial charge in [-0.05, 0) is 6.07 Å². The molecule has 35 heavy (non-hydrogen) atoms. The Morgan fingerprint density at radius 3 is 3.00 bits per heavy atom. The number of hydrogen-bond donors (Lipinski definition) is 2. The van der Waals surface area contributed by atoms with E-state index in [0.29, 0.717) is 16.9 Å². The zero-order valence-corrected chi connectivity index (χ0v) is 18.9. The molecule has 1 unspecified atom stereocenters. The van der Waals surface area contributed by atoms with Gasteiger partial charge in [-0.15, -0.1) is 11.8 Å². The first-order valence-electron chi connectivity index (χ1n) is 10.1. The third-order valence-corrected chi connectivity index (χ3v) is 6.78. The van der Waals surface area contributed by atoms with Crippen molar-refractivity contribution in [2.75, 3.05) is 18.6 Å². The quantitative estimate of drug-likeness (QED) is 0.160. The van der Waals surface area contributed by atoms with Crippen LogP contribution in [0.15, 0.2) is 56.0 Å². The number of thioether (sulfide) groups is 1. The molecule has 2 atom stereocenters. The molecule has 5 heterocycles. The molecule has 0 aliphatic carbocycles. The van der Waals surface area contributed by atoms with Crippen molar-refractivity contribution in [1.29, 1.82) is 0 Å². The summed E-state index contributed by atoms with van der Waals surface area (Å²) in [6.07, 6.45) is 3.33. The molecule has 0 bridgehead atoms. The van der Waals surface area contributed by atoms with Crippen LogP contribution in [0.5, 0.6) is 0 Å². The van der Waals surface area contributed by atoms with Gasteiger partial charge in [-0.25, -0.2) is 0 Å². The Balaban J connectivity index is 1.38. The number of oxime groups is 1. The molecule has 2 aliphatic heterocycles. The van der Waals surface area contributed by atoms with Gasteiger partial charge in [-0.1, -0.05) is 10.3 Å². The number of carboxylic acids is 1. The Bertz CT molecular complexity index is 1410. The van der Waals surface area contributed by atoms with Crippen LogP contribution < -0.4 is 20.7 Å². The number of nitrogens with one attached hydrogen (secondary N) is 1. The molecule has 180 valence electrons. The molecule has 14 nitrogen and oxygen atoms in total. The zero-order valence-electron chi connectivity index (χ0n) is 18.0. The maximum absolute atomic E-state index is 12.9. The number of hydrogen-bond acceptors (Lipinski definition) is 12. The Morgan fingerprint density at radius 2 is 2.29 bits per heavy atom. The number of pyridine rings is 1. The van der Waals surface area contributed by atoms with Crippen molar-refractivity contribution >= 4 is 52.4 Å². The number of carboxylic acid groups (broad SMARTS) is 1. The molecule has 2 amide bonds. The third kappa shape index (κ3) is 3.84. The van der Waals surface area contributed by atoms with Gasteiger partial charge in [-0.3, -0.25) is 14.5 Å². The molecule has 0 spiro atoms. The fourth-order valence-electron chi connectivity index (χ4n) is 3.94. The molecule has 0 aromatic carbocycles. The fourth-order valence-corrected chi connectivity index (χ4v) is 5.28. The van der Waals surface area contributed by atoms with Crippen molar-refractivity contribution in [2.45, 2.75) is 18.0 Å². The molecule has 15 heteroatoms. The van der Waals surface area contributed by atoms with E-state index in [2.05, 4.69) is 30.0 Å². The Morgan fingerprint density at radius 1 is 1.46 bits per heavy atom. The Kier molecular flexibility index (Phi) is 5.60. The molecular weight excluding hydrogens is 482 g/mol. The average molecular weight is 499 g/mol. The highest BCUT2D eigenvalue weighted by atomic mass is 32.2. The van der Waals surface area contributed by atoms with Gasteiger partial charge in [0, 0.05) is 23.5 Å². The summed E-state index contributed by atoms with van der Waals surface area (Å²) in [6, 6.07) is 4.04. The highest BCUT2D eigenvalue weighted by Crippen LogP contribution is 2.40. The lowest BCUT2D eigenvalue weighted by Crippen LogP contribution is -2.71. The van der Waals surface area contributed by atoms with Crippen LogP contribution in [0.25, 0.3) is 11.1 Å². The highest BCUT2D eigenvalue weighted by molar-refractivity contribution is 8.00. The molecule has 1 saturated heterocycles. The summed E-state index contributed by atoms with van der Waals surface area (Å²) in [6.45, 7) is 0.213. The topological polar surface area (TPSA) is 193 Å². The lowest BCUT2D eigenvalue weighted by atomic mass is 10.0. The number of β-lactam (4-membered cyclic amide) rings is 1. The summed E-state index contributed by atoms with van der Waals surface area (Å²) in [7, 11) is 1.21. The van der Waals surface area contributed by atoms with Crippen molar-refractivity contribution in [1.82, 2.24) is 20.4 Å². The van der Waals surface area contributed by atoms with E-state index in [-0.39, 0.29) is 29.8 Å². The first-order chi connectivity index (χ1) is 16.9. The number of aromatic nitrogens is 3. The fraction of sp³-hybridized carbons (Fsp3) is 0.250. The zero-order chi connectivity index (χ0) is 24.7. The minimum absolute atomic E-state index is 0.213. The van der Waals surface area contributed by atoms with Crippen molar-refractivity contribution in [3.63, 3.8) is 0 Å². The molecule has 3 aromatic heterocycles. The van der Waals surface area contributed by atoms with Crippen LogP contribution in [0.2, 0.25) is 0 Å². The second-order valence-electron chi connectivity index (χ2n) is 7.49. The normalized spacial score (nSPS) is 20.0. The van der Waals surface area contributed by atoms with Crippen LogP contribution >= 0.6 is 11.8 Å². The predicted octanol–water partition coefficient (Wildman–Crippen LogP) is -1.86. The monoisotopic (exact) mass is 499 g/mol. The summed E-state index contributed by atoms with van der Waals surface area (Å²) in [5.41, 5.74) is 6.73. The van der Waals surface area contributed by atoms with Gasteiger partial charge < -0.3 is 34.7 Å². The number of amides is 2. The molecule has 2 aliphatic rings. The Hall–Kier alpha value is -4.40. The van der Waals surface area contributed by atoms with Crippen molar-refractivity contribution in [2.24, 2.45) is 5.16 Å². The van der Waals surface area contributed by atoms with Crippen LogP contribution in [-0.4, -0.2) is 62.8 Å². The second-order valence-corrected chi connectivity index (χ2v) is 8.59. The van der Waals surface area contributed by atoms with Crippen LogP contribution in [0.4, 0.5) is 6.01 Å². The summed E-state index contributed by atoms with van der Waals surface area (Å²) >= 11 is 1.31. The molecular formula is C20H17N7O7S. The summed E-state index contributed by atoms with van der Waals surface area (Å²) in [5.74, 6) is -2.84. The van der Waals surface area contributed by atoms with Crippen molar-refractivity contribution in [3.8, 4) is 0 Å². The minimum atomic E-state index is -1.48. The van der Waals surface area contributed by atoms with E-state index in [9.17, 15) is 19.5 Å². The molecule has 5 rings (SSSR count). The van der Waals surface area contributed by atoms with Crippen molar-refractivity contribution < 1.29 is 37.8 Å². The standard InChI is InChI=1S/C20H17N7O7S/c1-32-24-12(15-23-20(21)34-25-15)16(28)22-13-17(29)27-14(19(30)31)9(8-35-18(13)27)7-26-5-2-3-11-10(26)4-6-33-11/h2-6,13,18H,7-8H2,1H3,(H3-,21,22,23,25,28,30,31)/b24-12-/t13?,18-/m1/s1. The van der Waals surface area contributed by atoms with E-state index < -0.39 is 29.2 Å². The van der Waals surface area contributed by atoms with Gasteiger partial charge in [0.25, 0.3) is 17.3 Å². The van der Waals surface area contributed by atoms with Gasteiger partial charge >= 0.3 is 6.01 Å². The van der Waals surface area contributed by atoms with E-state index in [0.717, 1.165) is 10.4 Å². The SMILES string of the molecule is CO/N=C(\C(=O)NC1C(=O)N2C(C(=O)[O-])=C(C[n+]3cccc4occc43)CS[C@H]12)c1noc(N)n1. The van der Waals surface area contributed by atoms with E-state index in [1.165, 1.54) is 25.1 Å². The maximum atomic E-state index is 12.9. The summed E-state index contributed by atoms with van der Waals surface area (Å²) in [4.78, 5) is 47.3. The maximum Gasteiger partial charge on any atom is 0.319 e. The smallest absolute Gasteiger partial charge is 0.319 e. The van der Waals surface area contributed by atoms with Gasteiger partial charge in [0.15, 0.2) is 18.3 Å². The average Bonchev–Trinajstić information content (AvgIpc) is 3.49. The third-order valence-electron chi connectivity index (χ3n) is 5.44. The van der Waals surface area contributed by atoms with Crippen LogP contribution in [0.1, 0.15) is 5.82 Å². The number of nitrogens with two attached hydrogens (primary N) is 1. The highest BCUT2D eigenvalue weighted by Gasteiger charge is 2.53. The number of nitrogen functional groups attached to an aromatic ring is 1. The molecule has 1 fully saturated rings. The molecule has 0 saturated carbocycles. The number of furan rings is 1. The number of aliphatic carboxylic acids is 1. The first kappa shape index (κ1) is 22.4. The lowest BCUT2D eigenvalue weighted by Gasteiger charge is -2.50. The number of fused-ring (bicyclic) bond motifs is 2. The summed E-state index contributed by atoms with van der Waals surface area (Å²) < 4.78 is 11.9. The number of anilines is 1. The molecule has 0 radical (unpaired) electrons. The number of carbonyl (C=O) groups excluding carboxylic acids is 3. The number of nitrogens with zero attached hydrogens (tertiary/aromatic N) is 5. The van der Waals surface area contributed by atoms with Gasteiger partial charge in [-0.2, -0.15) is 9.55 Å². The first-order valence-corrected chi connectivity index (χ1v) is 11.2. The van der Waals surface area contributed by atoms with E-state index >= 15 is 0 Å². The van der Waals surface area contributed by atoms with Gasteiger partial charge in [0.05, 0.1) is 17.9 Å². The van der Waals surface area contributed by atoms with Gasteiger partial charge in [0.2, 0.25) is 11.5 Å². The molecule has 3 aromatic rings. The molecule has 3 N–H and O–H groups in total.